The monoisotopic (exact) mass is 326 g/mol. The maximum atomic E-state index is 13.3. The standard InChI is InChI=1S/C15H10Cl2F2N2/c1-8(16)15-20-13-6-9(18)2-5-14(13)21(15)10-3-4-12(19)11(17)7-10/h2-8H,1H3. The van der Waals surface area contributed by atoms with Gasteiger partial charge in [0.05, 0.1) is 21.4 Å². The summed E-state index contributed by atoms with van der Waals surface area (Å²) in [6.45, 7) is 1.76. The Morgan fingerprint density at radius 2 is 1.90 bits per heavy atom. The average Bonchev–Trinajstić information content (AvgIpc) is 2.80. The van der Waals surface area contributed by atoms with Crippen LogP contribution < -0.4 is 0 Å². The van der Waals surface area contributed by atoms with Crippen LogP contribution in [0.15, 0.2) is 36.4 Å². The molecule has 2 aromatic carbocycles. The molecule has 1 aromatic heterocycles. The molecular formula is C15H10Cl2F2N2. The van der Waals surface area contributed by atoms with E-state index in [1.54, 1.807) is 23.6 Å². The molecule has 0 fully saturated rings. The first kappa shape index (κ1) is 14.3. The number of hydrogen-bond acceptors (Lipinski definition) is 1. The van der Waals surface area contributed by atoms with Gasteiger partial charge in [0.25, 0.3) is 0 Å². The van der Waals surface area contributed by atoms with E-state index in [-0.39, 0.29) is 10.8 Å². The lowest BCUT2D eigenvalue weighted by molar-refractivity contribution is 0.627. The Morgan fingerprint density at radius 1 is 1.14 bits per heavy atom. The van der Waals surface area contributed by atoms with Gasteiger partial charge in [0, 0.05) is 11.8 Å². The lowest BCUT2D eigenvalue weighted by Gasteiger charge is -2.11. The molecule has 21 heavy (non-hydrogen) atoms. The van der Waals surface area contributed by atoms with Gasteiger partial charge >= 0.3 is 0 Å². The Kier molecular flexibility index (Phi) is 3.59. The number of halogens is 4. The van der Waals surface area contributed by atoms with Crippen LogP contribution in [-0.4, -0.2) is 9.55 Å². The third-order valence-corrected chi connectivity index (χ3v) is 3.64. The molecule has 0 aliphatic heterocycles. The highest BCUT2D eigenvalue weighted by Gasteiger charge is 2.17. The molecular weight excluding hydrogens is 317 g/mol. The van der Waals surface area contributed by atoms with Crippen molar-refractivity contribution in [3.8, 4) is 5.69 Å². The zero-order chi connectivity index (χ0) is 15.1. The molecule has 6 heteroatoms. The lowest BCUT2D eigenvalue weighted by atomic mass is 10.2. The Balaban J connectivity index is 2.33. The second-order valence-corrected chi connectivity index (χ2v) is 5.71. The number of hydrogen-bond donors (Lipinski definition) is 0. The van der Waals surface area contributed by atoms with Crippen LogP contribution in [0.1, 0.15) is 18.1 Å². The first-order valence-electron chi connectivity index (χ1n) is 6.25. The lowest BCUT2D eigenvalue weighted by Crippen LogP contribution is -2.02. The van der Waals surface area contributed by atoms with E-state index in [0.717, 1.165) is 0 Å². The highest BCUT2D eigenvalue weighted by atomic mass is 35.5. The number of rotatable bonds is 2. The minimum absolute atomic E-state index is 0.00429. The number of imidazole rings is 1. The molecule has 1 unspecified atom stereocenters. The average molecular weight is 327 g/mol. The second kappa shape index (κ2) is 5.28. The van der Waals surface area contributed by atoms with Gasteiger partial charge in [-0.05, 0) is 37.3 Å². The molecule has 0 aliphatic rings. The summed E-state index contributed by atoms with van der Waals surface area (Å²) in [7, 11) is 0. The Labute approximate surface area is 129 Å². The van der Waals surface area contributed by atoms with Crippen LogP contribution in [0.5, 0.6) is 0 Å². The van der Waals surface area contributed by atoms with E-state index in [9.17, 15) is 8.78 Å². The number of fused-ring (bicyclic) bond motifs is 1. The first-order chi connectivity index (χ1) is 9.97. The van der Waals surface area contributed by atoms with Gasteiger partial charge in [0.1, 0.15) is 17.5 Å². The van der Waals surface area contributed by atoms with Crippen LogP contribution in [0.4, 0.5) is 8.78 Å². The van der Waals surface area contributed by atoms with Gasteiger partial charge in [-0.15, -0.1) is 11.6 Å². The molecule has 0 aliphatic carbocycles. The van der Waals surface area contributed by atoms with E-state index in [1.807, 2.05) is 0 Å². The fourth-order valence-corrected chi connectivity index (χ4v) is 2.56. The van der Waals surface area contributed by atoms with E-state index in [0.29, 0.717) is 22.5 Å². The molecule has 3 aromatic rings. The summed E-state index contributed by atoms with van der Waals surface area (Å²) in [5, 5.41) is -0.395. The number of benzene rings is 2. The predicted octanol–water partition coefficient (Wildman–Crippen LogP) is 5.26. The molecule has 0 saturated carbocycles. The van der Waals surface area contributed by atoms with E-state index in [4.69, 9.17) is 23.2 Å². The Morgan fingerprint density at radius 3 is 2.57 bits per heavy atom. The molecule has 0 amide bonds. The fourth-order valence-electron chi connectivity index (χ4n) is 2.23. The first-order valence-corrected chi connectivity index (χ1v) is 7.06. The van der Waals surface area contributed by atoms with E-state index < -0.39 is 11.2 Å². The van der Waals surface area contributed by atoms with Gasteiger partial charge in [-0.1, -0.05) is 11.6 Å². The van der Waals surface area contributed by atoms with Crippen LogP contribution in [0.3, 0.4) is 0 Å². The van der Waals surface area contributed by atoms with Crippen molar-refractivity contribution in [3.63, 3.8) is 0 Å². The molecule has 1 heterocycles. The molecule has 0 bridgehead atoms. The summed E-state index contributed by atoms with van der Waals surface area (Å²) < 4.78 is 28.4. The third kappa shape index (κ3) is 2.49. The fraction of sp³-hybridized carbons (Fsp3) is 0.133. The number of alkyl halides is 1. The molecule has 0 radical (unpaired) electrons. The van der Waals surface area contributed by atoms with Gasteiger partial charge < -0.3 is 0 Å². The Bertz CT molecular complexity index is 828. The van der Waals surface area contributed by atoms with Crippen LogP contribution in [0.2, 0.25) is 5.02 Å². The van der Waals surface area contributed by atoms with Crippen LogP contribution in [0.25, 0.3) is 16.7 Å². The summed E-state index contributed by atoms with van der Waals surface area (Å²) >= 11 is 12.0. The highest BCUT2D eigenvalue weighted by molar-refractivity contribution is 6.30. The number of aromatic nitrogens is 2. The normalized spacial score (nSPS) is 12.8. The van der Waals surface area contributed by atoms with Gasteiger partial charge in [-0.25, -0.2) is 13.8 Å². The van der Waals surface area contributed by atoms with Crippen LogP contribution in [-0.2, 0) is 0 Å². The van der Waals surface area contributed by atoms with Crippen molar-refractivity contribution < 1.29 is 8.78 Å². The van der Waals surface area contributed by atoms with Gasteiger partial charge in [0.2, 0.25) is 0 Å². The van der Waals surface area contributed by atoms with E-state index in [1.165, 1.54) is 24.3 Å². The molecule has 1 atom stereocenters. The zero-order valence-electron chi connectivity index (χ0n) is 10.9. The van der Waals surface area contributed by atoms with Crippen LogP contribution in [0, 0.1) is 11.6 Å². The highest BCUT2D eigenvalue weighted by Crippen LogP contribution is 2.30. The summed E-state index contributed by atoms with van der Waals surface area (Å²) in [5.41, 5.74) is 1.79. The van der Waals surface area contributed by atoms with Crippen molar-refractivity contribution in [2.45, 2.75) is 12.3 Å². The smallest absolute Gasteiger partial charge is 0.141 e. The van der Waals surface area contributed by atoms with Gasteiger partial charge in [0.15, 0.2) is 0 Å². The number of nitrogens with zero attached hydrogens (tertiary/aromatic N) is 2. The Hall–Kier alpha value is -1.65. The molecule has 2 nitrogen and oxygen atoms in total. The van der Waals surface area contributed by atoms with Crippen molar-refractivity contribution >= 4 is 34.2 Å². The van der Waals surface area contributed by atoms with Crippen molar-refractivity contribution in [2.75, 3.05) is 0 Å². The topological polar surface area (TPSA) is 17.8 Å². The maximum Gasteiger partial charge on any atom is 0.141 e. The van der Waals surface area contributed by atoms with E-state index >= 15 is 0 Å². The quantitative estimate of drug-likeness (QED) is 0.587. The summed E-state index contributed by atoms with van der Waals surface area (Å²) in [5.74, 6) is -0.339. The summed E-state index contributed by atoms with van der Waals surface area (Å²) in [4.78, 5) is 4.36. The van der Waals surface area contributed by atoms with Crippen molar-refractivity contribution in [3.05, 3.63) is 58.9 Å². The minimum atomic E-state index is -0.503. The predicted molar refractivity (Wildman–Crippen MR) is 80.3 cm³/mol. The molecule has 0 N–H and O–H groups in total. The summed E-state index contributed by atoms with van der Waals surface area (Å²) in [6, 6.07) is 8.63. The van der Waals surface area contributed by atoms with Crippen LogP contribution >= 0.6 is 23.2 Å². The molecule has 3 rings (SSSR count). The minimum Gasteiger partial charge on any atom is -0.295 e. The molecule has 0 saturated heterocycles. The van der Waals surface area contributed by atoms with Gasteiger partial charge in [-0.2, -0.15) is 0 Å². The van der Waals surface area contributed by atoms with Crippen molar-refractivity contribution in [1.29, 1.82) is 0 Å². The second-order valence-electron chi connectivity index (χ2n) is 4.65. The third-order valence-electron chi connectivity index (χ3n) is 3.16. The summed E-state index contributed by atoms with van der Waals surface area (Å²) in [6.07, 6.45) is 0. The van der Waals surface area contributed by atoms with Crippen molar-refractivity contribution in [1.82, 2.24) is 9.55 Å². The molecule has 0 spiro atoms. The molecule has 108 valence electrons. The van der Waals surface area contributed by atoms with Gasteiger partial charge in [-0.3, -0.25) is 4.57 Å². The van der Waals surface area contributed by atoms with E-state index in [2.05, 4.69) is 4.98 Å². The SMILES string of the molecule is CC(Cl)c1nc2cc(F)ccc2n1-c1ccc(F)c(Cl)c1. The maximum absolute atomic E-state index is 13.3. The van der Waals surface area contributed by atoms with Crippen molar-refractivity contribution in [2.24, 2.45) is 0 Å². The zero-order valence-corrected chi connectivity index (χ0v) is 12.5. The largest absolute Gasteiger partial charge is 0.295 e.